The fourth-order valence-corrected chi connectivity index (χ4v) is 6.96. The van der Waals surface area contributed by atoms with Crippen LogP contribution in [0.3, 0.4) is 0 Å². The van der Waals surface area contributed by atoms with Crippen LogP contribution in [0.1, 0.15) is 71.4 Å². The van der Waals surface area contributed by atoms with Crippen LogP contribution >= 0.6 is 11.6 Å². The lowest BCUT2D eigenvalue weighted by Gasteiger charge is -2.26. The summed E-state index contributed by atoms with van der Waals surface area (Å²) in [6.07, 6.45) is -2.43. The second-order valence-corrected chi connectivity index (χ2v) is 12.4. The highest BCUT2D eigenvalue weighted by molar-refractivity contribution is 6.34. The zero-order chi connectivity index (χ0) is 30.7. The first kappa shape index (κ1) is 29.8. The largest absolute Gasteiger partial charge is 0.481 e. The van der Waals surface area contributed by atoms with Crippen LogP contribution in [0.2, 0.25) is 5.02 Å². The summed E-state index contributed by atoms with van der Waals surface area (Å²) in [6.45, 7) is 0.439. The molecule has 4 aliphatic rings. The monoisotopic (exact) mass is 622 g/mol. The number of rotatable bonds is 6. The Hall–Kier alpha value is -3.25. The Morgan fingerprint density at radius 1 is 1.12 bits per heavy atom. The summed E-state index contributed by atoms with van der Waals surface area (Å²) in [5, 5.41) is 19.6. The molecular weight excluding hydrogens is 592 g/mol. The third-order valence-electron chi connectivity index (χ3n) is 9.40. The van der Waals surface area contributed by atoms with Gasteiger partial charge in [0.1, 0.15) is 6.17 Å². The summed E-state index contributed by atoms with van der Waals surface area (Å²) in [4.78, 5) is 38.9. The zero-order valence-corrected chi connectivity index (χ0v) is 23.9. The maximum absolute atomic E-state index is 14.2. The molecule has 230 valence electrons. The normalized spacial score (nSPS) is 26.4. The van der Waals surface area contributed by atoms with Gasteiger partial charge in [0.25, 0.3) is 5.91 Å². The summed E-state index contributed by atoms with van der Waals surface area (Å²) < 4.78 is 57.9. The average molecular weight is 623 g/mol. The number of hydrogen-bond acceptors (Lipinski definition) is 5. The van der Waals surface area contributed by atoms with Crippen LogP contribution in [-0.2, 0) is 27.8 Å². The number of aliphatic carboxylic acids is 1. The van der Waals surface area contributed by atoms with E-state index >= 15 is 0 Å². The van der Waals surface area contributed by atoms with Crippen molar-refractivity contribution in [2.75, 3.05) is 13.1 Å². The van der Waals surface area contributed by atoms with Gasteiger partial charge in [-0.2, -0.15) is 23.0 Å². The molecular formula is C30H31ClF4N4O4. The van der Waals surface area contributed by atoms with E-state index in [1.54, 1.807) is 6.08 Å². The van der Waals surface area contributed by atoms with E-state index in [2.05, 4.69) is 15.7 Å². The molecule has 1 saturated carbocycles. The lowest BCUT2D eigenvalue weighted by atomic mass is 9.82. The number of carboxylic acids is 1. The number of amides is 1. The van der Waals surface area contributed by atoms with Gasteiger partial charge in [-0.15, -0.1) is 0 Å². The number of aromatic nitrogens is 2. The first-order chi connectivity index (χ1) is 20.4. The van der Waals surface area contributed by atoms with Crippen molar-refractivity contribution >= 4 is 35.0 Å². The van der Waals surface area contributed by atoms with Crippen LogP contribution in [0.5, 0.6) is 0 Å². The Morgan fingerprint density at radius 2 is 1.86 bits per heavy atom. The number of nitrogens with one attached hydrogen (secondary N) is 2. The Kier molecular flexibility index (Phi) is 7.65. The smallest absolute Gasteiger partial charge is 0.398 e. The molecule has 8 nitrogen and oxygen atoms in total. The number of hydrogen-bond donors (Lipinski definition) is 3. The number of carbonyl (C=O) groups excluding carboxylic acids is 2. The van der Waals surface area contributed by atoms with Crippen molar-refractivity contribution in [3.05, 3.63) is 57.4 Å². The standard InChI is InChI=1S/C30H31ClF4N4O4/c31-20-3-1-2-19(29(10-11-29)30(33,34)35)24(20)27(41)39-23-12-17(26(40)37-22-14-36-13-21(22)32)8-9-18(23)25(38-39)15-4-6-16(7-5-15)28(42)43/h1-4,16-17,21-22,36H,5-14H2,(H,37,40)(H,42,43)/t16?,17?,21-,22-/m0/s1. The average Bonchev–Trinajstić information content (AvgIpc) is 3.59. The minimum absolute atomic E-state index is 0.0756. The van der Waals surface area contributed by atoms with Crippen molar-refractivity contribution in [1.29, 1.82) is 0 Å². The first-order valence-electron chi connectivity index (χ1n) is 14.5. The third kappa shape index (κ3) is 5.26. The van der Waals surface area contributed by atoms with E-state index in [0.717, 1.165) is 10.3 Å². The number of fused-ring (bicyclic) bond motifs is 1. The number of alkyl halides is 4. The molecule has 43 heavy (non-hydrogen) atoms. The summed E-state index contributed by atoms with van der Waals surface area (Å²) in [6, 6.07) is 3.38. The number of nitrogens with zero attached hydrogens (tertiary/aromatic N) is 2. The maximum Gasteiger partial charge on any atom is 0.398 e. The minimum atomic E-state index is -4.58. The van der Waals surface area contributed by atoms with Gasteiger partial charge in [-0.05, 0) is 62.1 Å². The molecule has 13 heteroatoms. The van der Waals surface area contributed by atoms with Crippen molar-refractivity contribution in [2.45, 2.75) is 75.2 Å². The Labute approximate surface area is 249 Å². The SMILES string of the molecule is O=C(O)C1CC=C(c2nn(C(=O)c3c(Cl)cccc3C3(C(F)(F)F)CC3)c3c2CCC(C(=O)N[C@H]2CNC[C@@H]2F)C3)CC1. The van der Waals surface area contributed by atoms with Crippen LogP contribution in [0.15, 0.2) is 24.3 Å². The first-order valence-corrected chi connectivity index (χ1v) is 14.9. The van der Waals surface area contributed by atoms with Gasteiger partial charge in [0.05, 0.1) is 39.3 Å². The molecule has 1 aromatic heterocycles. The number of allylic oxidation sites excluding steroid dienone is 2. The quantitative estimate of drug-likeness (QED) is 0.406. The van der Waals surface area contributed by atoms with Crippen molar-refractivity contribution in [3.8, 4) is 0 Å². The molecule has 2 aromatic rings. The van der Waals surface area contributed by atoms with E-state index < -0.39 is 47.5 Å². The Morgan fingerprint density at radius 3 is 2.47 bits per heavy atom. The lowest BCUT2D eigenvalue weighted by molar-refractivity contribution is -0.160. The molecule has 0 bridgehead atoms. The molecule has 3 aliphatic carbocycles. The molecule has 4 atom stereocenters. The van der Waals surface area contributed by atoms with E-state index in [4.69, 9.17) is 11.6 Å². The van der Waals surface area contributed by atoms with E-state index in [0.29, 0.717) is 49.2 Å². The highest BCUT2D eigenvalue weighted by Gasteiger charge is 2.65. The maximum atomic E-state index is 14.2. The van der Waals surface area contributed by atoms with Gasteiger partial charge in [-0.1, -0.05) is 29.8 Å². The summed E-state index contributed by atoms with van der Waals surface area (Å²) >= 11 is 6.43. The van der Waals surface area contributed by atoms with Gasteiger partial charge in [0.2, 0.25) is 5.91 Å². The third-order valence-corrected chi connectivity index (χ3v) is 9.72. The minimum Gasteiger partial charge on any atom is -0.481 e. The molecule has 1 aromatic carbocycles. The Bertz CT molecular complexity index is 1520. The van der Waals surface area contributed by atoms with Gasteiger partial charge < -0.3 is 15.7 Å². The highest BCUT2D eigenvalue weighted by Crippen LogP contribution is 2.60. The van der Waals surface area contributed by atoms with Crippen molar-refractivity contribution in [1.82, 2.24) is 20.4 Å². The zero-order valence-electron chi connectivity index (χ0n) is 23.1. The summed E-state index contributed by atoms with van der Waals surface area (Å²) in [5.74, 6) is -3.22. The molecule has 6 rings (SSSR count). The van der Waals surface area contributed by atoms with Crippen LogP contribution in [0.25, 0.3) is 5.57 Å². The van der Waals surface area contributed by atoms with Crippen molar-refractivity contribution < 1.29 is 37.1 Å². The van der Waals surface area contributed by atoms with Crippen molar-refractivity contribution in [2.24, 2.45) is 11.8 Å². The lowest BCUT2D eigenvalue weighted by Crippen LogP contribution is -2.45. The van der Waals surface area contributed by atoms with Crippen molar-refractivity contribution in [3.63, 3.8) is 0 Å². The van der Waals surface area contributed by atoms with Crippen LogP contribution in [0.4, 0.5) is 17.6 Å². The summed E-state index contributed by atoms with van der Waals surface area (Å²) in [5.41, 5.74) is -0.294. The highest BCUT2D eigenvalue weighted by atomic mass is 35.5. The predicted molar refractivity (Wildman–Crippen MR) is 149 cm³/mol. The number of halogens is 5. The Balaban J connectivity index is 1.40. The fourth-order valence-electron chi connectivity index (χ4n) is 6.70. The molecule has 2 heterocycles. The second-order valence-electron chi connectivity index (χ2n) is 12.0. The van der Waals surface area contributed by atoms with E-state index in [9.17, 15) is 37.1 Å². The van der Waals surface area contributed by atoms with E-state index in [1.807, 2.05) is 0 Å². The fraction of sp³-hybridized carbons (Fsp3) is 0.533. The molecule has 0 spiro atoms. The number of carbonyl (C=O) groups is 3. The predicted octanol–water partition coefficient (Wildman–Crippen LogP) is 4.62. The van der Waals surface area contributed by atoms with E-state index in [1.165, 1.54) is 18.2 Å². The molecule has 1 aliphatic heterocycles. The van der Waals surface area contributed by atoms with Crippen LogP contribution in [0, 0.1) is 11.8 Å². The molecule has 2 unspecified atom stereocenters. The molecule has 1 saturated heterocycles. The topological polar surface area (TPSA) is 113 Å². The number of benzene rings is 1. The van der Waals surface area contributed by atoms with E-state index in [-0.39, 0.29) is 54.3 Å². The van der Waals surface area contributed by atoms with Gasteiger partial charge in [-0.3, -0.25) is 14.4 Å². The summed E-state index contributed by atoms with van der Waals surface area (Å²) in [7, 11) is 0. The van der Waals surface area contributed by atoms with Gasteiger partial charge in [-0.25, -0.2) is 4.39 Å². The van der Waals surface area contributed by atoms with Crippen LogP contribution < -0.4 is 10.6 Å². The number of carboxylic acid groups (broad SMARTS) is 1. The van der Waals surface area contributed by atoms with Crippen LogP contribution in [-0.4, -0.2) is 64.2 Å². The molecule has 3 N–H and O–H groups in total. The van der Waals surface area contributed by atoms with Gasteiger partial charge in [0.15, 0.2) is 0 Å². The molecule has 0 radical (unpaired) electrons. The molecule has 2 fully saturated rings. The second kappa shape index (κ2) is 11.0. The van der Waals surface area contributed by atoms with Gasteiger partial charge in [0, 0.05) is 31.0 Å². The van der Waals surface area contributed by atoms with Gasteiger partial charge >= 0.3 is 12.1 Å². The molecule has 1 amide bonds.